The predicted molar refractivity (Wildman–Crippen MR) is 150 cm³/mol. The number of nitrogens with zero attached hydrogens (tertiary/aromatic N) is 2. The summed E-state index contributed by atoms with van der Waals surface area (Å²) in [7, 11) is 0. The molecule has 0 spiro atoms. The second-order valence-electron chi connectivity index (χ2n) is 8.49. The van der Waals surface area contributed by atoms with Crippen molar-refractivity contribution >= 4 is 68.9 Å². The molecule has 1 atom stereocenters. The molecule has 8 heteroatoms. The zero-order valence-corrected chi connectivity index (χ0v) is 22.6. The van der Waals surface area contributed by atoms with E-state index in [2.05, 4.69) is 34.7 Å². The van der Waals surface area contributed by atoms with Crippen molar-refractivity contribution in [2.24, 2.45) is 4.99 Å². The highest BCUT2D eigenvalue weighted by Gasteiger charge is 2.33. The predicted octanol–water partition coefficient (Wildman–Crippen LogP) is 5.94. The molecule has 2 aliphatic rings. The molecule has 0 bridgehead atoms. The maximum Gasteiger partial charge on any atom is 0.271 e. The number of allylic oxidation sites excluding steroid dienone is 1. The summed E-state index contributed by atoms with van der Waals surface area (Å²) < 4.78 is 3.07. The Morgan fingerprint density at radius 1 is 1.09 bits per heavy atom. The Balaban J connectivity index is 1.64. The van der Waals surface area contributed by atoms with Crippen LogP contribution in [0.2, 0.25) is 10.0 Å². The van der Waals surface area contributed by atoms with E-state index in [1.165, 1.54) is 16.9 Å². The number of benzene rings is 3. The minimum atomic E-state index is -0.360. The minimum absolute atomic E-state index is 0.113. The first-order valence-corrected chi connectivity index (χ1v) is 13.6. The van der Waals surface area contributed by atoms with Crippen molar-refractivity contribution in [2.45, 2.75) is 18.9 Å². The molecule has 2 heterocycles. The Labute approximate surface area is 228 Å². The van der Waals surface area contributed by atoms with Crippen molar-refractivity contribution in [3.8, 4) is 5.75 Å². The number of halogens is 3. The lowest BCUT2D eigenvalue weighted by molar-refractivity contribution is 0.471. The molecule has 0 saturated carbocycles. The largest absolute Gasteiger partial charge is 0.507 e. The van der Waals surface area contributed by atoms with Gasteiger partial charge in [-0.2, -0.15) is 0 Å². The summed E-state index contributed by atoms with van der Waals surface area (Å²) in [6.07, 6.45) is 3.52. The highest BCUT2D eigenvalue weighted by molar-refractivity contribution is 14.1. The zero-order chi connectivity index (χ0) is 24.3. The summed E-state index contributed by atoms with van der Waals surface area (Å²) in [6.45, 7) is 0. The number of hydrogen-bond donors (Lipinski definition) is 1. The Morgan fingerprint density at radius 2 is 1.91 bits per heavy atom. The molecule has 35 heavy (non-hydrogen) atoms. The number of aromatic nitrogens is 1. The number of phenolic OH excluding ortho intramolecular Hbond substituents is 1. The van der Waals surface area contributed by atoms with E-state index in [9.17, 15) is 9.90 Å². The van der Waals surface area contributed by atoms with Crippen LogP contribution in [-0.4, -0.2) is 9.67 Å². The SMILES string of the molecule is O=c1c(=Cc2ccc(O)c(I)c2)sc2n1C(c1ccc(Cl)cc1Cl)C1=C(N=2)c2ccccc2CC1. The van der Waals surface area contributed by atoms with Crippen LogP contribution in [0, 0.1) is 3.57 Å². The molecule has 1 unspecified atom stereocenters. The van der Waals surface area contributed by atoms with Gasteiger partial charge in [-0.15, -0.1) is 0 Å². The second-order valence-corrected chi connectivity index (χ2v) is 11.5. The van der Waals surface area contributed by atoms with Gasteiger partial charge in [0, 0.05) is 15.6 Å². The van der Waals surface area contributed by atoms with Crippen molar-refractivity contribution in [3.05, 3.63) is 122 Å². The molecule has 1 aliphatic carbocycles. The summed E-state index contributed by atoms with van der Waals surface area (Å²) in [6, 6.07) is 18.7. The standard InChI is InChI=1S/C27H17Cl2IN2O2S/c28-16-7-9-18(20(29)13-16)25-19-8-6-15-3-1-2-4-17(15)24(19)31-27-32(25)26(34)23(35-27)12-14-5-10-22(33)21(30)11-14/h1-5,7,9-13,25,33H,6,8H2. The van der Waals surface area contributed by atoms with Crippen LogP contribution in [0.5, 0.6) is 5.75 Å². The van der Waals surface area contributed by atoms with E-state index in [1.54, 1.807) is 22.8 Å². The van der Waals surface area contributed by atoms with Crippen molar-refractivity contribution in [1.29, 1.82) is 0 Å². The van der Waals surface area contributed by atoms with Gasteiger partial charge in [0.15, 0.2) is 4.80 Å². The first-order valence-electron chi connectivity index (χ1n) is 11.0. The van der Waals surface area contributed by atoms with Gasteiger partial charge in [0.2, 0.25) is 0 Å². The molecule has 3 aromatic carbocycles. The zero-order valence-electron chi connectivity index (χ0n) is 18.1. The molecule has 174 valence electrons. The van der Waals surface area contributed by atoms with Gasteiger partial charge in [-0.05, 0) is 88.0 Å². The first-order chi connectivity index (χ1) is 16.9. The Morgan fingerprint density at radius 3 is 2.71 bits per heavy atom. The minimum Gasteiger partial charge on any atom is -0.507 e. The smallest absolute Gasteiger partial charge is 0.271 e. The van der Waals surface area contributed by atoms with Crippen molar-refractivity contribution in [2.75, 3.05) is 0 Å². The Hall–Kier alpha value is -2.39. The number of aromatic hydroxyl groups is 1. The molecule has 6 rings (SSSR count). The van der Waals surface area contributed by atoms with E-state index in [0.29, 0.717) is 19.4 Å². The fourth-order valence-electron chi connectivity index (χ4n) is 4.79. The van der Waals surface area contributed by atoms with Gasteiger partial charge in [0.05, 0.1) is 19.8 Å². The monoisotopic (exact) mass is 630 g/mol. The van der Waals surface area contributed by atoms with Crippen molar-refractivity contribution < 1.29 is 5.11 Å². The molecule has 1 aromatic heterocycles. The third-order valence-electron chi connectivity index (χ3n) is 6.40. The Bertz CT molecular complexity index is 1740. The van der Waals surface area contributed by atoms with Gasteiger partial charge >= 0.3 is 0 Å². The van der Waals surface area contributed by atoms with Crippen LogP contribution in [-0.2, 0) is 6.42 Å². The maximum atomic E-state index is 13.8. The molecule has 0 amide bonds. The quantitative estimate of drug-likeness (QED) is 0.279. The normalized spacial score (nSPS) is 17.0. The molecular formula is C27H17Cl2IN2O2S. The summed E-state index contributed by atoms with van der Waals surface area (Å²) >= 11 is 16.3. The third kappa shape index (κ3) is 3.96. The Kier molecular flexibility index (Phi) is 5.87. The number of hydrogen-bond acceptors (Lipinski definition) is 4. The van der Waals surface area contributed by atoms with Crippen LogP contribution in [0.3, 0.4) is 0 Å². The molecule has 0 fully saturated rings. The van der Waals surface area contributed by atoms with Crippen LogP contribution >= 0.6 is 57.1 Å². The van der Waals surface area contributed by atoms with Crippen LogP contribution in [0.1, 0.15) is 34.7 Å². The summed E-state index contributed by atoms with van der Waals surface area (Å²) in [5.74, 6) is 0.216. The third-order valence-corrected chi connectivity index (χ3v) is 8.81. The molecular weight excluding hydrogens is 614 g/mol. The van der Waals surface area contributed by atoms with Crippen LogP contribution in [0.15, 0.2) is 76.0 Å². The van der Waals surface area contributed by atoms with Gasteiger partial charge in [0.1, 0.15) is 5.75 Å². The molecule has 0 radical (unpaired) electrons. The van der Waals surface area contributed by atoms with Gasteiger partial charge < -0.3 is 5.11 Å². The summed E-state index contributed by atoms with van der Waals surface area (Å²) in [5, 5.41) is 11.0. The number of fused-ring (bicyclic) bond motifs is 3. The average Bonchev–Trinajstić information content (AvgIpc) is 3.15. The topological polar surface area (TPSA) is 54.6 Å². The lowest BCUT2D eigenvalue weighted by Crippen LogP contribution is -2.38. The van der Waals surface area contributed by atoms with Crippen molar-refractivity contribution in [3.63, 3.8) is 0 Å². The van der Waals surface area contributed by atoms with Gasteiger partial charge in [0.25, 0.3) is 5.56 Å². The molecule has 1 aliphatic heterocycles. The number of thiazole rings is 1. The lowest BCUT2D eigenvalue weighted by atomic mass is 9.83. The average molecular weight is 631 g/mol. The highest BCUT2D eigenvalue weighted by Crippen LogP contribution is 2.43. The second kappa shape index (κ2) is 8.92. The summed E-state index contributed by atoms with van der Waals surface area (Å²) in [5.41, 5.74) is 5.94. The van der Waals surface area contributed by atoms with Gasteiger partial charge in [-0.3, -0.25) is 9.36 Å². The van der Waals surface area contributed by atoms with Gasteiger partial charge in [-0.1, -0.05) is 70.9 Å². The fraction of sp³-hybridized carbons (Fsp3) is 0.111. The molecule has 0 saturated heterocycles. The number of rotatable bonds is 2. The van der Waals surface area contributed by atoms with Crippen LogP contribution in [0.4, 0.5) is 0 Å². The molecule has 1 N–H and O–H groups in total. The van der Waals surface area contributed by atoms with Crippen LogP contribution < -0.4 is 14.9 Å². The van der Waals surface area contributed by atoms with Crippen molar-refractivity contribution in [1.82, 2.24) is 4.57 Å². The lowest BCUT2D eigenvalue weighted by Gasteiger charge is -2.31. The van der Waals surface area contributed by atoms with E-state index in [-0.39, 0.29) is 17.4 Å². The van der Waals surface area contributed by atoms with E-state index in [0.717, 1.165) is 44.4 Å². The van der Waals surface area contributed by atoms with Gasteiger partial charge in [-0.25, -0.2) is 4.99 Å². The molecule has 4 aromatic rings. The fourth-order valence-corrected chi connectivity index (χ4v) is 6.84. The van der Waals surface area contributed by atoms with E-state index in [4.69, 9.17) is 28.2 Å². The highest BCUT2D eigenvalue weighted by atomic mass is 127. The molecule has 4 nitrogen and oxygen atoms in total. The number of phenols is 1. The van der Waals surface area contributed by atoms with E-state index >= 15 is 0 Å². The number of aryl methyl sites for hydroxylation is 1. The summed E-state index contributed by atoms with van der Waals surface area (Å²) in [4.78, 5) is 19.4. The van der Waals surface area contributed by atoms with E-state index in [1.807, 2.05) is 36.4 Å². The van der Waals surface area contributed by atoms with E-state index < -0.39 is 0 Å². The van der Waals surface area contributed by atoms with Crippen LogP contribution in [0.25, 0.3) is 11.8 Å². The first kappa shape index (κ1) is 23.0. The maximum absolute atomic E-state index is 13.8.